The van der Waals surface area contributed by atoms with Crippen LogP contribution in [0, 0.1) is 0 Å². The Bertz CT molecular complexity index is 950. The van der Waals surface area contributed by atoms with Crippen molar-refractivity contribution in [3.63, 3.8) is 0 Å². The number of esters is 1. The Kier molecular flexibility index (Phi) is 4.98. The van der Waals surface area contributed by atoms with E-state index >= 15 is 0 Å². The third kappa shape index (κ3) is 3.55. The van der Waals surface area contributed by atoms with Gasteiger partial charge in [0, 0.05) is 29.9 Å². The van der Waals surface area contributed by atoms with Gasteiger partial charge in [0.1, 0.15) is 0 Å². The Morgan fingerprint density at radius 1 is 1.22 bits per heavy atom. The summed E-state index contributed by atoms with van der Waals surface area (Å²) in [5.74, 6) is -0.902. The van der Waals surface area contributed by atoms with E-state index in [1.807, 2.05) is 30.1 Å². The zero-order chi connectivity index (χ0) is 19.8. The lowest BCUT2D eigenvalue weighted by Gasteiger charge is -2.23. The number of halogens is 1. The van der Waals surface area contributed by atoms with Crippen molar-refractivity contribution in [2.45, 2.75) is 19.3 Å². The van der Waals surface area contributed by atoms with E-state index in [0.717, 1.165) is 16.9 Å². The molecule has 0 radical (unpaired) electrons. The number of benzene rings is 2. The van der Waals surface area contributed by atoms with E-state index in [-0.39, 0.29) is 29.1 Å². The number of carbonyl (C=O) groups is 2. The van der Waals surface area contributed by atoms with Gasteiger partial charge in [-0.25, -0.2) is 4.79 Å². The number of hydrogen-bond donors (Lipinski definition) is 1. The van der Waals surface area contributed by atoms with Crippen LogP contribution in [0.1, 0.15) is 29.8 Å². The topological polar surface area (TPSA) is 72.6 Å². The van der Waals surface area contributed by atoms with Crippen LogP contribution in [0.2, 0.25) is 5.02 Å². The molecule has 0 amide bonds. The van der Waals surface area contributed by atoms with Crippen molar-refractivity contribution in [2.24, 2.45) is 0 Å². The number of nitrogens with zero attached hydrogens (tertiary/aromatic N) is 1. The molecule has 2 aromatic rings. The number of nitrogen functional groups attached to an aromatic ring is 1. The molecule has 6 heteroatoms. The molecule has 27 heavy (non-hydrogen) atoms. The highest BCUT2D eigenvalue weighted by molar-refractivity contribution is 6.33. The molecule has 2 aromatic carbocycles. The SMILES string of the molecule is CN1C(=CC(=O)COC(=O)c2ccc(Cl)c(N)c2)C(C)(C)c2ccccc21. The zero-order valence-electron chi connectivity index (χ0n) is 15.5. The van der Waals surface area contributed by atoms with Gasteiger partial charge in [-0.15, -0.1) is 0 Å². The summed E-state index contributed by atoms with van der Waals surface area (Å²) >= 11 is 5.84. The Morgan fingerprint density at radius 2 is 1.93 bits per heavy atom. The maximum atomic E-state index is 12.4. The first-order valence-corrected chi connectivity index (χ1v) is 8.90. The number of ether oxygens (including phenoxy) is 1. The molecule has 1 heterocycles. The predicted octanol–water partition coefficient (Wildman–Crippen LogP) is 3.96. The zero-order valence-corrected chi connectivity index (χ0v) is 16.2. The molecule has 0 atom stereocenters. The summed E-state index contributed by atoms with van der Waals surface area (Å²) in [6.07, 6.45) is 1.55. The van der Waals surface area contributed by atoms with Crippen molar-refractivity contribution in [3.05, 3.63) is 70.4 Å². The molecule has 0 fully saturated rings. The van der Waals surface area contributed by atoms with Crippen LogP contribution in [0.15, 0.2) is 54.2 Å². The Morgan fingerprint density at radius 3 is 2.59 bits per heavy atom. The maximum Gasteiger partial charge on any atom is 0.338 e. The van der Waals surface area contributed by atoms with E-state index in [1.165, 1.54) is 18.2 Å². The highest BCUT2D eigenvalue weighted by Crippen LogP contribution is 2.46. The summed E-state index contributed by atoms with van der Waals surface area (Å²) in [4.78, 5) is 26.5. The smallest absolute Gasteiger partial charge is 0.338 e. The van der Waals surface area contributed by atoms with Crippen LogP contribution in [0.3, 0.4) is 0 Å². The van der Waals surface area contributed by atoms with Crippen molar-refractivity contribution >= 4 is 34.7 Å². The van der Waals surface area contributed by atoms with E-state index in [9.17, 15) is 9.59 Å². The predicted molar refractivity (Wildman–Crippen MR) is 107 cm³/mol. The fourth-order valence-electron chi connectivity index (χ4n) is 3.34. The first kappa shape index (κ1) is 19.0. The van der Waals surface area contributed by atoms with Crippen LogP contribution in [0.4, 0.5) is 11.4 Å². The average Bonchev–Trinajstić information content (AvgIpc) is 2.83. The fourth-order valence-corrected chi connectivity index (χ4v) is 3.46. The largest absolute Gasteiger partial charge is 0.454 e. The van der Waals surface area contributed by atoms with Crippen LogP contribution in [0.25, 0.3) is 0 Å². The number of ketones is 1. The molecule has 0 aromatic heterocycles. The van der Waals surface area contributed by atoms with Crippen molar-refractivity contribution in [2.75, 3.05) is 24.3 Å². The van der Waals surface area contributed by atoms with Crippen molar-refractivity contribution in [3.8, 4) is 0 Å². The standard InChI is InChI=1S/C21H21ClN2O3/c1-21(2)15-6-4-5-7-18(15)24(3)19(21)11-14(25)12-27-20(26)13-8-9-16(22)17(23)10-13/h4-11H,12,23H2,1-3H3. The number of fused-ring (bicyclic) bond motifs is 1. The molecule has 1 aliphatic rings. The third-order valence-corrected chi connectivity index (χ3v) is 5.16. The van der Waals surface area contributed by atoms with Gasteiger partial charge in [0.25, 0.3) is 0 Å². The van der Waals surface area contributed by atoms with E-state index in [0.29, 0.717) is 5.02 Å². The Hall–Kier alpha value is -2.79. The van der Waals surface area contributed by atoms with Gasteiger partial charge in [-0.1, -0.05) is 43.6 Å². The lowest BCUT2D eigenvalue weighted by Crippen LogP contribution is -2.25. The van der Waals surface area contributed by atoms with Crippen LogP contribution in [-0.2, 0) is 14.9 Å². The van der Waals surface area contributed by atoms with E-state index < -0.39 is 5.97 Å². The van der Waals surface area contributed by atoms with E-state index in [4.69, 9.17) is 22.1 Å². The lowest BCUT2D eigenvalue weighted by atomic mass is 9.83. The lowest BCUT2D eigenvalue weighted by molar-refractivity contribution is -0.117. The molecule has 0 saturated carbocycles. The van der Waals surface area contributed by atoms with Crippen molar-refractivity contribution in [1.29, 1.82) is 0 Å². The summed E-state index contributed by atoms with van der Waals surface area (Å²) in [5.41, 5.74) is 8.99. The minimum atomic E-state index is -0.618. The highest BCUT2D eigenvalue weighted by Gasteiger charge is 2.38. The second-order valence-electron chi connectivity index (χ2n) is 7.01. The van der Waals surface area contributed by atoms with Crippen molar-refractivity contribution in [1.82, 2.24) is 0 Å². The fraction of sp³-hybridized carbons (Fsp3) is 0.238. The number of allylic oxidation sites excluding steroid dienone is 1. The minimum Gasteiger partial charge on any atom is -0.454 e. The van der Waals surface area contributed by atoms with Gasteiger partial charge >= 0.3 is 5.97 Å². The molecule has 0 spiro atoms. The van der Waals surface area contributed by atoms with Gasteiger partial charge in [-0.2, -0.15) is 0 Å². The minimum absolute atomic E-state index is 0.253. The number of likely N-dealkylation sites (N-methyl/N-ethyl adjacent to an activating group) is 1. The monoisotopic (exact) mass is 384 g/mol. The summed E-state index contributed by atoms with van der Waals surface area (Å²) in [5, 5.41) is 0.360. The van der Waals surface area contributed by atoms with Crippen LogP contribution >= 0.6 is 11.6 Å². The third-order valence-electron chi connectivity index (χ3n) is 4.82. The van der Waals surface area contributed by atoms with Crippen LogP contribution in [-0.4, -0.2) is 25.4 Å². The molecule has 0 bridgehead atoms. The summed E-state index contributed by atoms with van der Waals surface area (Å²) in [7, 11) is 1.93. The number of anilines is 2. The summed E-state index contributed by atoms with van der Waals surface area (Å²) in [6, 6.07) is 12.5. The molecule has 1 aliphatic heterocycles. The van der Waals surface area contributed by atoms with Gasteiger partial charge in [-0.05, 0) is 29.8 Å². The number of para-hydroxylation sites is 1. The van der Waals surface area contributed by atoms with Gasteiger partial charge in [0.2, 0.25) is 0 Å². The van der Waals surface area contributed by atoms with Crippen LogP contribution < -0.4 is 10.6 Å². The van der Waals surface area contributed by atoms with E-state index in [1.54, 1.807) is 6.08 Å². The van der Waals surface area contributed by atoms with Gasteiger partial charge in [0.15, 0.2) is 12.4 Å². The molecular formula is C21H21ClN2O3. The first-order valence-electron chi connectivity index (χ1n) is 8.52. The van der Waals surface area contributed by atoms with Crippen molar-refractivity contribution < 1.29 is 14.3 Å². The Balaban J connectivity index is 1.72. The highest BCUT2D eigenvalue weighted by atomic mass is 35.5. The molecule has 2 N–H and O–H groups in total. The van der Waals surface area contributed by atoms with E-state index in [2.05, 4.69) is 19.9 Å². The summed E-state index contributed by atoms with van der Waals surface area (Å²) < 4.78 is 5.13. The second-order valence-corrected chi connectivity index (χ2v) is 7.42. The molecule has 0 saturated heterocycles. The number of rotatable bonds is 4. The van der Waals surface area contributed by atoms with Crippen LogP contribution in [0.5, 0.6) is 0 Å². The number of nitrogens with two attached hydrogens (primary N) is 1. The quantitative estimate of drug-likeness (QED) is 0.490. The first-order chi connectivity index (χ1) is 12.7. The van der Waals surface area contributed by atoms with Gasteiger partial charge in [0.05, 0.1) is 16.3 Å². The molecule has 3 rings (SSSR count). The molecule has 140 valence electrons. The average molecular weight is 385 g/mol. The molecule has 0 unspecified atom stereocenters. The number of hydrogen-bond acceptors (Lipinski definition) is 5. The second kappa shape index (κ2) is 7.08. The molecule has 5 nitrogen and oxygen atoms in total. The molecule has 0 aliphatic carbocycles. The van der Waals surface area contributed by atoms with Gasteiger partial charge < -0.3 is 15.4 Å². The normalized spacial score (nSPS) is 16.3. The van der Waals surface area contributed by atoms with Gasteiger partial charge in [-0.3, -0.25) is 4.79 Å². The number of carbonyl (C=O) groups excluding carboxylic acids is 2. The molecular weight excluding hydrogens is 364 g/mol. The Labute approximate surface area is 163 Å². The maximum absolute atomic E-state index is 12.4. The summed E-state index contributed by atoms with van der Waals surface area (Å²) in [6.45, 7) is 3.79.